The monoisotopic (exact) mass is 297 g/mol. The molecule has 2 nitrogen and oxygen atoms in total. The molecule has 5 heteroatoms. The van der Waals surface area contributed by atoms with Gasteiger partial charge in [-0.05, 0) is 35.6 Å². The second-order valence-corrected chi connectivity index (χ2v) is 3.48. The Kier molecular flexibility index (Phi) is 3.29. The van der Waals surface area contributed by atoms with Gasteiger partial charge in [-0.25, -0.2) is 13.8 Å². The highest BCUT2D eigenvalue weighted by atomic mass is 127. The maximum absolute atomic E-state index is 12.3. The molecule has 0 N–H and O–H groups in total. The molecule has 1 aromatic rings. The first kappa shape index (κ1) is 10.5. The summed E-state index contributed by atoms with van der Waals surface area (Å²) in [6.45, 7) is 1.50. The van der Waals surface area contributed by atoms with E-state index in [1.807, 2.05) is 22.6 Å². The molecule has 1 rings (SSSR count). The lowest BCUT2D eigenvalue weighted by Crippen LogP contribution is -1.99. The third kappa shape index (κ3) is 2.20. The zero-order valence-electron chi connectivity index (χ0n) is 6.72. The van der Waals surface area contributed by atoms with Crippen LogP contribution >= 0.6 is 22.6 Å². The quantitative estimate of drug-likeness (QED) is 0.477. The van der Waals surface area contributed by atoms with Crippen molar-refractivity contribution >= 4 is 28.9 Å². The number of hydrogen-bond donors (Lipinski definition) is 0. The highest BCUT2D eigenvalue weighted by Crippen LogP contribution is 2.23. The largest absolute Gasteiger partial charge is 0.298 e. The topological polar surface area (TPSA) is 30.0 Å². The molecule has 0 saturated carbocycles. The van der Waals surface area contributed by atoms with Gasteiger partial charge in [0, 0.05) is 16.8 Å². The number of aryl methyl sites for hydroxylation is 1. The number of hydrogen-bond acceptors (Lipinski definition) is 2. The number of aromatic nitrogens is 1. The van der Waals surface area contributed by atoms with E-state index in [2.05, 4.69) is 4.98 Å². The number of halogens is 3. The van der Waals surface area contributed by atoms with Crippen molar-refractivity contribution < 1.29 is 13.6 Å². The zero-order chi connectivity index (χ0) is 10.0. The molecule has 0 spiro atoms. The number of pyridine rings is 1. The third-order valence-electron chi connectivity index (χ3n) is 1.59. The molecule has 0 atom stereocenters. The van der Waals surface area contributed by atoms with E-state index in [0.717, 1.165) is 0 Å². The average molecular weight is 297 g/mol. The summed E-state index contributed by atoms with van der Waals surface area (Å²) in [4.78, 5) is 14.3. The summed E-state index contributed by atoms with van der Waals surface area (Å²) in [5.74, 6) is 0. The fourth-order valence-corrected chi connectivity index (χ4v) is 1.56. The molecule has 1 heterocycles. The predicted octanol–water partition coefficient (Wildman–Crippen LogP) is 2.74. The Morgan fingerprint density at radius 1 is 1.62 bits per heavy atom. The van der Waals surface area contributed by atoms with Crippen LogP contribution in [0.2, 0.25) is 0 Å². The Hall–Kier alpha value is -0.590. The average Bonchev–Trinajstić information content (AvgIpc) is 2.03. The molecule has 0 bridgehead atoms. The van der Waals surface area contributed by atoms with Gasteiger partial charge in [0.05, 0.1) is 0 Å². The first-order chi connectivity index (χ1) is 6.06. The van der Waals surface area contributed by atoms with Crippen molar-refractivity contribution in [1.29, 1.82) is 0 Å². The zero-order valence-corrected chi connectivity index (χ0v) is 8.88. The molecule has 13 heavy (non-hydrogen) atoms. The maximum Gasteiger partial charge on any atom is 0.265 e. The van der Waals surface area contributed by atoms with Gasteiger partial charge in [-0.3, -0.25) is 4.79 Å². The van der Waals surface area contributed by atoms with E-state index < -0.39 is 6.43 Å². The fraction of sp³-hybridized carbons (Fsp3) is 0.250. The molecule has 0 radical (unpaired) electrons. The van der Waals surface area contributed by atoms with Crippen LogP contribution in [0.4, 0.5) is 8.78 Å². The van der Waals surface area contributed by atoms with Crippen LogP contribution in [0.5, 0.6) is 0 Å². The third-order valence-corrected chi connectivity index (χ3v) is 2.46. The van der Waals surface area contributed by atoms with Gasteiger partial charge in [0.2, 0.25) is 0 Å². The van der Waals surface area contributed by atoms with Crippen molar-refractivity contribution in [3.8, 4) is 0 Å². The van der Waals surface area contributed by atoms with Crippen molar-refractivity contribution in [3.63, 3.8) is 0 Å². The van der Waals surface area contributed by atoms with Crippen LogP contribution in [0.25, 0.3) is 0 Å². The Morgan fingerprint density at radius 2 is 2.23 bits per heavy atom. The van der Waals surface area contributed by atoms with Crippen LogP contribution in [0.1, 0.15) is 28.0 Å². The van der Waals surface area contributed by atoms with Gasteiger partial charge >= 0.3 is 0 Å². The SMILES string of the molecule is Cc1nc(I)c(C=O)cc1C(F)F. The standard InChI is InChI=1S/C8H6F2INO/c1-4-6(7(9)10)2-5(3-13)8(11)12-4/h2-3,7H,1H3. The van der Waals surface area contributed by atoms with Gasteiger partial charge in [-0.1, -0.05) is 0 Å². The van der Waals surface area contributed by atoms with E-state index in [-0.39, 0.29) is 16.8 Å². The molecule has 0 aromatic carbocycles. The van der Waals surface area contributed by atoms with Crippen LogP contribution in [-0.2, 0) is 0 Å². The van der Waals surface area contributed by atoms with Gasteiger partial charge in [-0.15, -0.1) is 0 Å². The number of carbonyl (C=O) groups is 1. The molecular weight excluding hydrogens is 291 g/mol. The molecule has 1 aromatic heterocycles. The van der Waals surface area contributed by atoms with E-state index in [9.17, 15) is 13.6 Å². The van der Waals surface area contributed by atoms with Gasteiger partial charge in [0.15, 0.2) is 6.29 Å². The van der Waals surface area contributed by atoms with E-state index in [0.29, 0.717) is 9.99 Å². The molecule has 0 aliphatic carbocycles. The van der Waals surface area contributed by atoms with Gasteiger partial charge in [-0.2, -0.15) is 0 Å². The lowest BCUT2D eigenvalue weighted by molar-refractivity contribution is 0.112. The Balaban J connectivity index is 3.30. The van der Waals surface area contributed by atoms with Crippen molar-refractivity contribution in [2.45, 2.75) is 13.3 Å². The number of nitrogens with zero attached hydrogens (tertiary/aromatic N) is 1. The van der Waals surface area contributed by atoms with Crippen molar-refractivity contribution in [2.75, 3.05) is 0 Å². The van der Waals surface area contributed by atoms with Crippen LogP contribution in [0, 0.1) is 10.6 Å². The summed E-state index contributed by atoms with van der Waals surface area (Å²) in [5, 5.41) is 0. The van der Waals surface area contributed by atoms with E-state index in [1.54, 1.807) is 0 Å². The Morgan fingerprint density at radius 3 is 2.69 bits per heavy atom. The minimum absolute atomic E-state index is 0.178. The van der Waals surface area contributed by atoms with E-state index in [4.69, 9.17) is 0 Å². The molecule has 0 aliphatic rings. The molecule has 0 saturated heterocycles. The minimum atomic E-state index is -2.58. The molecule has 0 amide bonds. The van der Waals surface area contributed by atoms with Gasteiger partial charge < -0.3 is 0 Å². The van der Waals surface area contributed by atoms with Crippen LogP contribution < -0.4 is 0 Å². The van der Waals surface area contributed by atoms with Crippen molar-refractivity contribution in [1.82, 2.24) is 4.98 Å². The van der Waals surface area contributed by atoms with Gasteiger partial charge in [0.1, 0.15) is 3.70 Å². The molecule has 0 unspecified atom stereocenters. The summed E-state index contributed by atoms with van der Waals surface area (Å²) >= 11 is 1.84. The second kappa shape index (κ2) is 4.08. The fourth-order valence-electron chi connectivity index (χ4n) is 0.911. The van der Waals surface area contributed by atoms with E-state index >= 15 is 0 Å². The summed E-state index contributed by atoms with van der Waals surface area (Å²) < 4.78 is 25.1. The summed E-state index contributed by atoms with van der Waals surface area (Å²) in [6.07, 6.45) is -2.05. The number of alkyl halides is 2. The normalized spacial score (nSPS) is 10.5. The first-order valence-corrected chi connectivity index (χ1v) is 4.54. The Labute approximate surface area is 87.5 Å². The minimum Gasteiger partial charge on any atom is -0.298 e. The highest BCUT2D eigenvalue weighted by molar-refractivity contribution is 14.1. The molecular formula is C8H6F2INO. The second-order valence-electron chi connectivity index (χ2n) is 2.46. The molecule has 70 valence electrons. The summed E-state index contributed by atoms with van der Waals surface area (Å²) in [7, 11) is 0. The lowest BCUT2D eigenvalue weighted by atomic mass is 10.1. The summed E-state index contributed by atoms with van der Waals surface area (Å²) in [5.41, 5.74) is 0.300. The van der Waals surface area contributed by atoms with Gasteiger partial charge in [0.25, 0.3) is 6.43 Å². The van der Waals surface area contributed by atoms with Crippen LogP contribution in [-0.4, -0.2) is 11.3 Å². The van der Waals surface area contributed by atoms with Crippen molar-refractivity contribution in [3.05, 3.63) is 26.6 Å². The number of aldehydes is 1. The van der Waals surface area contributed by atoms with Crippen molar-refractivity contribution in [2.24, 2.45) is 0 Å². The molecule has 0 fully saturated rings. The first-order valence-electron chi connectivity index (χ1n) is 3.46. The maximum atomic E-state index is 12.3. The number of rotatable bonds is 2. The highest BCUT2D eigenvalue weighted by Gasteiger charge is 2.14. The summed E-state index contributed by atoms with van der Waals surface area (Å²) in [6, 6.07) is 1.18. The van der Waals surface area contributed by atoms with Crippen LogP contribution in [0.3, 0.4) is 0 Å². The predicted molar refractivity (Wildman–Crippen MR) is 52.0 cm³/mol. The number of carbonyl (C=O) groups excluding carboxylic acids is 1. The van der Waals surface area contributed by atoms with Crippen LogP contribution in [0.15, 0.2) is 6.07 Å². The molecule has 0 aliphatic heterocycles. The lowest BCUT2D eigenvalue weighted by Gasteiger charge is -2.05. The Bertz CT molecular complexity index is 341. The smallest absolute Gasteiger partial charge is 0.265 e. The van der Waals surface area contributed by atoms with E-state index in [1.165, 1.54) is 13.0 Å².